The summed E-state index contributed by atoms with van der Waals surface area (Å²) in [5.74, 6) is 0.997. The largest absolute Gasteiger partial charge is 0.390 e. The summed E-state index contributed by atoms with van der Waals surface area (Å²) in [7, 11) is 0. The average Bonchev–Trinajstić information content (AvgIpc) is 3.08. The summed E-state index contributed by atoms with van der Waals surface area (Å²) >= 11 is 0. The maximum atomic E-state index is 12.5. The second-order valence-electron chi connectivity index (χ2n) is 11.4. The number of rotatable bonds is 2. The lowest BCUT2D eigenvalue weighted by Gasteiger charge is -2.63. The fourth-order valence-electron chi connectivity index (χ4n) is 8.17. The van der Waals surface area contributed by atoms with Crippen molar-refractivity contribution in [2.45, 2.75) is 77.0 Å². The predicted molar refractivity (Wildman–Crippen MR) is 126 cm³/mol. The highest BCUT2D eigenvalue weighted by Gasteiger charge is 2.64. The number of aliphatic hydroxyl groups excluding tert-OH is 2. The van der Waals surface area contributed by atoms with Gasteiger partial charge in [0.1, 0.15) is 0 Å². The lowest BCUT2D eigenvalue weighted by Crippen LogP contribution is -2.64. The van der Waals surface area contributed by atoms with E-state index in [2.05, 4.69) is 31.1 Å². The zero-order chi connectivity index (χ0) is 22.7. The van der Waals surface area contributed by atoms with Gasteiger partial charge in [0.05, 0.1) is 12.2 Å². The molecule has 0 aliphatic heterocycles. The topological polar surface area (TPSA) is 81.6 Å². The standard InChI is InChI=1S/C27H38N2O3/c1-16-9-10-19-22-20(12-14-26(16,19)2)27(3)13-11-18(15-21(27)23(30)24(22)31)29-25(32)28-17-7-5-4-6-8-17/h4-8,18-24,30-31H,1,9-15H2,2-3H3,(H2,28,29,32)/t18-,19?,20?,21?,22?,23-,24?,26-,27-/m1/s1. The molecule has 0 bridgehead atoms. The Morgan fingerprint density at radius 1 is 1.00 bits per heavy atom. The summed E-state index contributed by atoms with van der Waals surface area (Å²) in [4.78, 5) is 12.5. The molecule has 5 unspecified atom stereocenters. The van der Waals surface area contributed by atoms with E-state index < -0.39 is 12.2 Å². The Balaban J connectivity index is 1.31. The Morgan fingerprint density at radius 3 is 2.50 bits per heavy atom. The molecular weight excluding hydrogens is 400 g/mol. The van der Waals surface area contributed by atoms with Crippen LogP contribution >= 0.6 is 0 Å². The van der Waals surface area contributed by atoms with Crippen LogP contribution in [-0.4, -0.2) is 34.5 Å². The number of urea groups is 1. The van der Waals surface area contributed by atoms with Gasteiger partial charge in [-0.25, -0.2) is 4.79 Å². The second-order valence-corrected chi connectivity index (χ2v) is 11.4. The van der Waals surface area contributed by atoms with Gasteiger partial charge in [-0.1, -0.05) is 44.2 Å². The van der Waals surface area contributed by atoms with E-state index in [1.807, 2.05) is 30.3 Å². The molecule has 4 aliphatic carbocycles. The SMILES string of the molecule is C=C1CCC2C3C(O)[C@H](O)C4C[C@H](NC(=O)Nc5ccccc5)CC[C@]4(C)C3CC[C@]12C. The highest BCUT2D eigenvalue weighted by atomic mass is 16.3. The second kappa shape index (κ2) is 7.88. The molecule has 32 heavy (non-hydrogen) atoms. The summed E-state index contributed by atoms with van der Waals surface area (Å²) in [6.07, 6.45) is 5.56. The van der Waals surface area contributed by atoms with Crippen molar-refractivity contribution in [1.82, 2.24) is 5.32 Å². The van der Waals surface area contributed by atoms with Crippen LogP contribution in [0.3, 0.4) is 0 Å². The summed E-state index contributed by atoms with van der Waals surface area (Å²) in [6.45, 7) is 9.05. The molecule has 0 radical (unpaired) electrons. The van der Waals surface area contributed by atoms with Gasteiger partial charge in [-0.3, -0.25) is 0 Å². The van der Waals surface area contributed by atoms with Crippen LogP contribution in [0.5, 0.6) is 0 Å². The average molecular weight is 439 g/mol. The normalized spacial score (nSPS) is 45.4. The van der Waals surface area contributed by atoms with Gasteiger partial charge in [-0.15, -0.1) is 0 Å². The van der Waals surface area contributed by atoms with Crippen molar-refractivity contribution in [2.24, 2.45) is 34.5 Å². The first-order valence-corrected chi connectivity index (χ1v) is 12.4. The van der Waals surface area contributed by atoms with Crippen LogP contribution in [0.25, 0.3) is 0 Å². The van der Waals surface area contributed by atoms with Crippen molar-refractivity contribution in [1.29, 1.82) is 0 Å². The molecule has 0 aromatic heterocycles. The van der Waals surface area contributed by atoms with Gasteiger partial charge in [0.25, 0.3) is 0 Å². The molecule has 2 amide bonds. The molecular formula is C27H38N2O3. The molecule has 0 saturated heterocycles. The van der Waals surface area contributed by atoms with E-state index in [4.69, 9.17) is 0 Å². The van der Waals surface area contributed by atoms with Crippen LogP contribution in [0, 0.1) is 34.5 Å². The number of aliphatic hydroxyl groups is 2. The maximum Gasteiger partial charge on any atom is 0.319 e. The first-order chi connectivity index (χ1) is 15.2. The number of carbonyl (C=O) groups excluding carboxylic acids is 1. The van der Waals surface area contributed by atoms with E-state index in [1.165, 1.54) is 5.57 Å². The number of hydrogen-bond donors (Lipinski definition) is 4. The van der Waals surface area contributed by atoms with E-state index in [1.54, 1.807) is 0 Å². The Labute approximate surface area is 191 Å². The van der Waals surface area contributed by atoms with E-state index in [9.17, 15) is 15.0 Å². The Bertz CT molecular complexity index is 888. The maximum absolute atomic E-state index is 12.5. The zero-order valence-corrected chi connectivity index (χ0v) is 19.4. The van der Waals surface area contributed by atoms with Gasteiger partial charge in [0.15, 0.2) is 0 Å². The minimum absolute atomic E-state index is 0.00263. The Morgan fingerprint density at radius 2 is 1.75 bits per heavy atom. The molecule has 0 heterocycles. The number of amides is 2. The van der Waals surface area contributed by atoms with Crippen molar-refractivity contribution in [3.8, 4) is 0 Å². The van der Waals surface area contributed by atoms with Crippen molar-refractivity contribution < 1.29 is 15.0 Å². The third-order valence-corrected chi connectivity index (χ3v) is 10.1. The van der Waals surface area contributed by atoms with Crippen molar-refractivity contribution in [3.63, 3.8) is 0 Å². The van der Waals surface area contributed by atoms with Gasteiger partial charge in [0, 0.05) is 11.7 Å². The summed E-state index contributed by atoms with van der Waals surface area (Å²) < 4.78 is 0. The number of benzene rings is 1. The first kappa shape index (κ1) is 22.0. The lowest BCUT2D eigenvalue weighted by molar-refractivity contribution is -0.211. The minimum Gasteiger partial charge on any atom is -0.390 e. The number of allylic oxidation sites excluding steroid dienone is 1. The molecule has 4 fully saturated rings. The molecule has 4 aliphatic rings. The number of nitrogens with one attached hydrogen (secondary N) is 2. The summed E-state index contributed by atoms with van der Waals surface area (Å²) in [6, 6.07) is 9.26. The molecule has 5 nitrogen and oxygen atoms in total. The van der Waals surface area contributed by atoms with E-state index in [0.29, 0.717) is 11.8 Å². The Hall–Kier alpha value is -1.85. The summed E-state index contributed by atoms with van der Waals surface area (Å²) in [5.41, 5.74) is 2.22. The van der Waals surface area contributed by atoms with Gasteiger partial charge in [-0.05, 0) is 91.6 Å². The fourth-order valence-corrected chi connectivity index (χ4v) is 8.17. The molecule has 1 aromatic rings. The minimum atomic E-state index is -0.737. The van der Waals surface area contributed by atoms with E-state index >= 15 is 0 Å². The molecule has 4 saturated carbocycles. The van der Waals surface area contributed by atoms with Crippen LogP contribution < -0.4 is 10.6 Å². The fraction of sp³-hybridized carbons (Fsp3) is 0.667. The third-order valence-electron chi connectivity index (χ3n) is 10.1. The number of fused-ring (bicyclic) bond motifs is 5. The molecule has 9 atom stereocenters. The van der Waals surface area contributed by atoms with E-state index in [0.717, 1.165) is 50.6 Å². The van der Waals surface area contributed by atoms with Gasteiger partial charge >= 0.3 is 6.03 Å². The highest BCUT2D eigenvalue weighted by Crippen LogP contribution is 2.67. The Kier molecular flexibility index (Phi) is 5.41. The van der Waals surface area contributed by atoms with E-state index in [-0.39, 0.29) is 34.7 Å². The van der Waals surface area contributed by atoms with Gasteiger partial charge in [-0.2, -0.15) is 0 Å². The third kappa shape index (κ3) is 3.31. The van der Waals surface area contributed by atoms with Gasteiger partial charge in [0.2, 0.25) is 0 Å². The number of anilines is 1. The number of hydrogen-bond acceptors (Lipinski definition) is 3. The monoisotopic (exact) mass is 438 g/mol. The van der Waals surface area contributed by atoms with Crippen LogP contribution in [0.4, 0.5) is 10.5 Å². The summed E-state index contributed by atoms with van der Waals surface area (Å²) in [5, 5.41) is 28.7. The van der Waals surface area contributed by atoms with Crippen molar-refractivity contribution >= 4 is 11.7 Å². The zero-order valence-electron chi connectivity index (χ0n) is 19.4. The van der Waals surface area contributed by atoms with Crippen LogP contribution in [0.2, 0.25) is 0 Å². The molecule has 1 aromatic carbocycles. The molecule has 0 spiro atoms. The smallest absolute Gasteiger partial charge is 0.319 e. The highest BCUT2D eigenvalue weighted by molar-refractivity contribution is 5.89. The van der Waals surface area contributed by atoms with Crippen LogP contribution in [0.1, 0.15) is 58.8 Å². The molecule has 4 N–H and O–H groups in total. The van der Waals surface area contributed by atoms with Crippen LogP contribution in [0.15, 0.2) is 42.5 Å². The first-order valence-electron chi connectivity index (χ1n) is 12.4. The number of carbonyl (C=O) groups is 1. The quantitative estimate of drug-likeness (QED) is 0.505. The lowest BCUT2D eigenvalue weighted by atomic mass is 9.43. The van der Waals surface area contributed by atoms with Crippen molar-refractivity contribution in [2.75, 3.05) is 5.32 Å². The number of para-hydroxylation sites is 1. The van der Waals surface area contributed by atoms with Crippen LogP contribution in [-0.2, 0) is 0 Å². The molecule has 5 rings (SSSR count). The van der Waals surface area contributed by atoms with Gasteiger partial charge < -0.3 is 20.8 Å². The predicted octanol–water partition coefficient (Wildman–Crippen LogP) is 4.72. The van der Waals surface area contributed by atoms with Crippen molar-refractivity contribution in [3.05, 3.63) is 42.5 Å². The molecule has 5 heteroatoms. The molecule has 174 valence electrons.